The van der Waals surface area contributed by atoms with Crippen LogP contribution < -0.4 is 10.2 Å². The predicted octanol–water partition coefficient (Wildman–Crippen LogP) is 4.06. The largest absolute Gasteiger partial charge is 0.355 e. The summed E-state index contributed by atoms with van der Waals surface area (Å²) in [4.78, 5) is 34.4. The Morgan fingerprint density at radius 3 is 2.53 bits per heavy atom. The van der Waals surface area contributed by atoms with E-state index in [1.165, 1.54) is 11.3 Å². The highest BCUT2D eigenvalue weighted by Crippen LogP contribution is 2.18. The van der Waals surface area contributed by atoms with E-state index in [4.69, 9.17) is 0 Å². The van der Waals surface area contributed by atoms with Gasteiger partial charge in [-0.1, -0.05) is 23.8 Å². The molecule has 1 aliphatic rings. The zero-order valence-corrected chi connectivity index (χ0v) is 17.7. The highest BCUT2D eigenvalue weighted by atomic mass is 32.1. The van der Waals surface area contributed by atoms with Crippen LogP contribution in [0, 0.1) is 6.92 Å². The predicted molar refractivity (Wildman–Crippen MR) is 120 cm³/mol. The Bertz CT molecular complexity index is 1000. The third kappa shape index (κ3) is 4.68. The molecule has 0 aliphatic carbocycles. The second-order valence-corrected chi connectivity index (χ2v) is 8.28. The Kier molecular flexibility index (Phi) is 6.09. The lowest BCUT2D eigenvalue weighted by atomic mass is 10.2. The number of rotatable bonds is 4. The monoisotopic (exact) mass is 420 g/mol. The number of hydrogen-bond donors (Lipinski definition) is 1. The highest BCUT2D eigenvalue weighted by molar-refractivity contribution is 7.12. The fraction of sp³-hybridized carbons (Fsp3) is 0.261. The molecule has 1 aromatic carbocycles. The maximum absolute atomic E-state index is 12.6. The summed E-state index contributed by atoms with van der Waals surface area (Å²) in [6.45, 7) is 4.96. The lowest BCUT2D eigenvalue weighted by molar-refractivity contribution is 0.0771. The Hall–Kier alpha value is -3.19. The zero-order chi connectivity index (χ0) is 20.9. The fourth-order valence-electron chi connectivity index (χ4n) is 3.45. The first kappa shape index (κ1) is 20.1. The number of anilines is 2. The number of benzene rings is 1. The topological polar surface area (TPSA) is 65.5 Å². The van der Waals surface area contributed by atoms with Crippen molar-refractivity contribution < 1.29 is 9.59 Å². The molecule has 1 aliphatic heterocycles. The Labute approximate surface area is 180 Å². The van der Waals surface area contributed by atoms with Crippen molar-refractivity contribution in [2.45, 2.75) is 13.3 Å². The number of aromatic nitrogens is 1. The lowest BCUT2D eigenvalue weighted by Crippen LogP contribution is -2.35. The van der Waals surface area contributed by atoms with E-state index >= 15 is 0 Å². The molecule has 0 atom stereocenters. The van der Waals surface area contributed by atoms with Gasteiger partial charge in [-0.25, -0.2) is 4.98 Å². The Balaban J connectivity index is 1.37. The summed E-state index contributed by atoms with van der Waals surface area (Å²) >= 11 is 1.48. The Morgan fingerprint density at radius 1 is 1.00 bits per heavy atom. The second kappa shape index (κ2) is 9.09. The molecule has 7 heteroatoms. The van der Waals surface area contributed by atoms with Gasteiger partial charge in [0.2, 0.25) is 0 Å². The van der Waals surface area contributed by atoms with Crippen LogP contribution in [0.1, 0.15) is 32.0 Å². The molecule has 0 bridgehead atoms. The average molecular weight is 421 g/mol. The van der Waals surface area contributed by atoms with Gasteiger partial charge < -0.3 is 15.1 Å². The van der Waals surface area contributed by atoms with E-state index in [1.54, 1.807) is 12.3 Å². The van der Waals surface area contributed by atoms with Crippen molar-refractivity contribution in [1.82, 2.24) is 9.88 Å². The number of carbonyl (C=O) groups excluding carboxylic acids is 2. The molecule has 154 valence electrons. The van der Waals surface area contributed by atoms with E-state index in [0.29, 0.717) is 12.1 Å². The molecule has 2 amide bonds. The molecule has 6 nitrogen and oxygen atoms in total. The van der Waals surface area contributed by atoms with E-state index in [1.807, 2.05) is 59.7 Å². The van der Waals surface area contributed by atoms with Gasteiger partial charge in [0.15, 0.2) is 0 Å². The standard InChI is InChI=1S/C23H24N4O2S/c1-17-5-8-19(9-6-17)25-22(28)18-7-10-21(24-16-18)26-11-3-12-27(14-13-26)23(29)20-4-2-15-30-20/h2,4-10,15-16H,3,11-14H2,1H3,(H,25,28). The van der Waals surface area contributed by atoms with Crippen LogP contribution in [0.3, 0.4) is 0 Å². The number of nitrogens with one attached hydrogen (secondary N) is 1. The number of thiophene rings is 1. The lowest BCUT2D eigenvalue weighted by Gasteiger charge is -2.22. The first-order valence-electron chi connectivity index (χ1n) is 10.0. The summed E-state index contributed by atoms with van der Waals surface area (Å²) < 4.78 is 0. The molecule has 0 saturated carbocycles. The zero-order valence-electron chi connectivity index (χ0n) is 16.9. The summed E-state index contributed by atoms with van der Waals surface area (Å²) in [6, 6.07) is 15.1. The van der Waals surface area contributed by atoms with E-state index in [0.717, 1.165) is 48.0 Å². The summed E-state index contributed by atoms with van der Waals surface area (Å²) in [5.74, 6) is 0.747. The summed E-state index contributed by atoms with van der Waals surface area (Å²) in [5.41, 5.74) is 2.42. The molecular formula is C23H24N4O2S. The van der Waals surface area contributed by atoms with Gasteiger partial charge in [-0.15, -0.1) is 11.3 Å². The van der Waals surface area contributed by atoms with E-state index < -0.39 is 0 Å². The van der Waals surface area contributed by atoms with Crippen LogP contribution in [0.15, 0.2) is 60.1 Å². The molecule has 1 fully saturated rings. The van der Waals surface area contributed by atoms with E-state index in [9.17, 15) is 9.59 Å². The van der Waals surface area contributed by atoms with Crippen molar-refractivity contribution in [3.8, 4) is 0 Å². The number of aryl methyl sites for hydroxylation is 1. The second-order valence-electron chi connectivity index (χ2n) is 7.34. The number of carbonyl (C=O) groups is 2. The molecule has 0 spiro atoms. The highest BCUT2D eigenvalue weighted by Gasteiger charge is 2.21. The summed E-state index contributed by atoms with van der Waals surface area (Å²) in [7, 11) is 0. The average Bonchev–Trinajstić information content (AvgIpc) is 3.20. The van der Waals surface area contributed by atoms with Crippen LogP contribution in [0.25, 0.3) is 0 Å². The van der Waals surface area contributed by atoms with Crippen LogP contribution in [-0.4, -0.2) is 47.9 Å². The molecule has 0 unspecified atom stereocenters. The minimum Gasteiger partial charge on any atom is -0.355 e. The van der Waals surface area contributed by atoms with Crippen LogP contribution in [-0.2, 0) is 0 Å². The molecule has 3 heterocycles. The van der Waals surface area contributed by atoms with Crippen LogP contribution >= 0.6 is 11.3 Å². The number of amides is 2. The smallest absolute Gasteiger partial charge is 0.263 e. The minimum absolute atomic E-state index is 0.0999. The van der Waals surface area contributed by atoms with E-state index in [-0.39, 0.29) is 11.8 Å². The van der Waals surface area contributed by atoms with Gasteiger partial charge in [0.05, 0.1) is 10.4 Å². The normalized spacial score (nSPS) is 14.3. The first-order valence-corrected chi connectivity index (χ1v) is 10.9. The first-order chi connectivity index (χ1) is 14.6. The molecule has 1 N–H and O–H groups in total. The number of pyridine rings is 1. The molecule has 3 aromatic rings. The molecule has 1 saturated heterocycles. The van der Waals surface area contributed by atoms with Gasteiger partial charge >= 0.3 is 0 Å². The maximum atomic E-state index is 12.6. The fourth-order valence-corrected chi connectivity index (χ4v) is 4.14. The van der Waals surface area contributed by atoms with Gasteiger partial charge in [-0.05, 0) is 49.1 Å². The SMILES string of the molecule is Cc1ccc(NC(=O)c2ccc(N3CCCN(C(=O)c4cccs4)CC3)nc2)cc1. The number of nitrogens with zero attached hydrogens (tertiary/aromatic N) is 3. The molecule has 4 rings (SSSR count). The van der Waals surface area contributed by atoms with Gasteiger partial charge in [0, 0.05) is 38.1 Å². The molecule has 30 heavy (non-hydrogen) atoms. The van der Waals surface area contributed by atoms with Crippen molar-refractivity contribution in [3.05, 3.63) is 76.1 Å². The summed E-state index contributed by atoms with van der Waals surface area (Å²) in [5, 5.41) is 4.82. The maximum Gasteiger partial charge on any atom is 0.263 e. The van der Waals surface area contributed by atoms with E-state index in [2.05, 4.69) is 15.2 Å². The number of hydrogen-bond acceptors (Lipinski definition) is 5. The molecule has 0 radical (unpaired) electrons. The molecular weight excluding hydrogens is 396 g/mol. The minimum atomic E-state index is -0.179. The van der Waals surface area contributed by atoms with Crippen molar-refractivity contribution >= 4 is 34.7 Å². The molecule has 2 aromatic heterocycles. The quantitative estimate of drug-likeness (QED) is 0.691. The summed E-state index contributed by atoms with van der Waals surface area (Å²) in [6.07, 6.45) is 2.49. The van der Waals surface area contributed by atoms with Gasteiger partial charge in [-0.3, -0.25) is 9.59 Å². The van der Waals surface area contributed by atoms with Crippen molar-refractivity contribution in [2.24, 2.45) is 0 Å². The van der Waals surface area contributed by atoms with Crippen molar-refractivity contribution in [2.75, 3.05) is 36.4 Å². The third-order valence-corrected chi connectivity index (χ3v) is 6.02. The Morgan fingerprint density at radius 2 is 1.83 bits per heavy atom. The van der Waals surface area contributed by atoms with Crippen molar-refractivity contribution in [1.29, 1.82) is 0 Å². The third-order valence-electron chi connectivity index (χ3n) is 5.16. The van der Waals surface area contributed by atoms with Crippen LogP contribution in [0.2, 0.25) is 0 Å². The van der Waals surface area contributed by atoms with Crippen molar-refractivity contribution in [3.63, 3.8) is 0 Å². The van der Waals surface area contributed by atoms with Crippen LogP contribution in [0.5, 0.6) is 0 Å². The van der Waals surface area contributed by atoms with Crippen LogP contribution in [0.4, 0.5) is 11.5 Å². The van der Waals surface area contributed by atoms with Gasteiger partial charge in [0.1, 0.15) is 5.82 Å². The van der Waals surface area contributed by atoms with Gasteiger partial charge in [-0.2, -0.15) is 0 Å². The van der Waals surface area contributed by atoms with Gasteiger partial charge in [0.25, 0.3) is 11.8 Å².